The fraction of sp³-hybridized carbons (Fsp3) is 0.500. The summed E-state index contributed by atoms with van der Waals surface area (Å²) >= 11 is 0. The average molecular weight is 150 g/mol. The maximum absolute atomic E-state index is 9.30. The van der Waals surface area contributed by atoms with Crippen LogP contribution in [0.2, 0.25) is 0 Å². The molecule has 0 fully saturated rings. The lowest BCUT2D eigenvalue weighted by Crippen LogP contribution is -2.19. The van der Waals surface area contributed by atoms with Gasteiger partial charge in [-0.1, -0.05) is 0 Å². The number of aliphatic hydroxyl groups is 1. The molecule has 0 radical (unpaired) electrons. The molecule has 3 heteroatoms. The van der Waals surface area contributed by atoms with Crippen LogP contribution in [0.4, 0.5) is 0 Å². The van der Waals surface area contributed by atoms with Crippen molar-refractivity contribution in [1.29, 1.82) is 0 Å². The summed E-state index contributed by atoms with van der Waals surface area (Å²) in [4.78, 5) is 8.03. The highest BCUT2D eigenvalue weighted by molar-refractivity contribution is 5.19. The Hall–Kier alpha value is -0.960. The largest absolute Gasteiger partial charge is 0.393 e. The van der Waals surface area contributed by atoms with Crippen LogP contribution in [0, 0.1) is 0 Å². The lowest BCUT2D eigenvalue weighted by atomic mass is 9.95. The molecule has 1 atom stereocenters. The maximum atomic E-state index is 9.30. The first-order chi connectivity index (χ1) is 5.36. The Morgan fingerprint density at radius 1 is 1.55 bits per heavy atom. The van der Waals surface area contributed by atoms with Crippen LogP contribution in [0.3, 0.4) is 0 Å². The minimum absolute atomic E-state index is 0.197. The lowest BCUT2D eigenvalue weighted by Gasteiger charge is -2.18. The second-order valence-electron chi connectivity index (χ2n) is 2.89. The predicted octanol–water partition coefficient (Wildman–Crippen LogP) is 0.326. The molecule has 58 valence electrons. The molecule has 3 nitrogen and oxygen atoms in total. The van der Waals surface area contributed by atoms with Crippen LogP contribution < -0.4 is 0 Å². The summed E-state index contributed by atoms with van der Waals surface area (Å²) in [6.07, 6.45) is 5.64. The Balaban J connectivity index is 2.34. The Labute approximate surface area is 65.1 Å². The van der Waals surface area contributed by atoms with Crippen molar-refractivity contribution in [2.45, 2.75) is 25.4 Å². The summed E-state index contributed by atoms with van der Waals surface area (Å²) in [5.41, 5.74) is 2.21. The van der Waals surface area contributed by atoms with Crippen molar-refractivity contribution in [3.05, 3.63) is 23.8 Å². The van der Waals surface area contributed by atoms with E-state index in [1.807, 2.05) is 6.20 Å². The van der Waals surface area contributed by atoms with Gasteiger partial charge in [-0.05, 0) is 18.4 Å². The zero-order valence-corrected chi connectivity index (χ0v) is 6.20. The van der Waals surface area contributed by atoms with Crippen molar-refractivity contribution in [2.75, 3.05) is 0 Å². The summed E-state index contributed by atoms with van der Waals surface area (Å²) in [6.45, 7) is 0. The summed E-state index contributed by atoms with van der Waals surface area (Å²) in [6, 6.07) is 0. The van der Waals surface area contributed by atoms with Gasteiger partial charge in [-0.25, -0.2) is 9.97 Å². The number of aromatic nitrogens is 2. The van der Waals surface area contributed by atoms with Gasteiger partial charge in [0.25, 0.3) is 0 Å². The Kier molecular flexibility index (Phi) is 1.58. The minimum Gasteiger partial charge on any atom is -0.393 e. The predicted molar refractivity (Wildman–Crippen MR) is 40.1 cm³/mol. The number of hydrogen-bond donors (Lipinski definition) is 1. The van der Waals surface area contributed by atoms with Gasteiger partial charge in [0.05, 0.1) is 6.10 Å². The van der Waals surface area contributed by atoms with E-state index in [9.17, 15) is 5.11 Å². The quantitative estimate of drug-likeness (QED) is 0.579. The van der Waals surface area contributed by atoms with Crippen molar-refractivity contribution in [1.82, 2.24) is 9.97 Å². The highest BCUT2D eigenvalue weighted by atomic mass is 16.3. The van der Waals surface area contributed by atoms with Crippen LogP contribution in [-0.4, -0.2) is 21.2 Å². The molecule has 0 saturated carbocycles. The van der Waals surface area contributed by atoms with Gasteiger partial charge in [-0.2, -0.15) is 0 Å². The van der Waals surface area contributed by atoms with E-state index in [4.69, 9.17) is 0 Å². The van der Waals surface area contributed by atoms with Gasteiger partial charge >= 0.3 is 0 Å². The normalized spacial score (nSPS) is 22.8. The van der Waals surface area contributed by atoms with E-state index in [0.717, 1.165) is 18.5 Å². The van der Waals surface area contributed by atoms with E-state index in [2.05, 4.69) is 9.97 Å². The molecule has 1 aliphatic rings. The van der Waals surface area contributed by atoms with Gasteiger partial charge in [-0.3, -0.25) is 0 Å². The molecule has 1 aromatic heterocycles. The molecule has 0 bridgehead atoms. The molecule has 1 heterocycles. The number of aryl methyl sites for hydroxylation is 1. The number of hydrogen-bond acceptors (Lipinski definition) is 3. The topological polar surface area (TPSA) is 46.0 Å². The van der Waals surface area contributed by atoms with Crippen LogP contribution in [0.15, 0.2) is 12.5 Å². The van der Waals surface area contributed by atoms with Crippen molar-refractivity contribution in [3.63, 3.8) is 0 Å². The summed E-state index contributed by atoms with van der Waals surface area (Å²) in [5, 5.41) is 9.30. The van der Waals surface area contributed by atoms with Gasteiger partial charge in [0, 0.05) is 18.3 Å². The van der Waals surface area contributed by atoms with E-state index in [1.165, 1.54) is 11.9 Å². The molecule has 0 aromatic carbocycles. The SMILES string of the molecule is OC1CCc2cncnc2C1. The monoisotopic (exact) mass is 150 g/mol. The number of rotatable bonds is 0. The van der Waals surface area contributed by atoms with Crippen molar-refractivity contribution in [3.8, 4) is 0 Å². The van der Waals surface area contributed by atoms with Crippen LogP contribution in [0.1, 0.15) is 17.7 Å². The second kappa shape index (κ2) is 2.58. The second-order valence-corrected chi connectivity index (χ2v) is 2.89. The maximum Gasteiger partial charge on any atom is 0.115 e. The molecule has 0 saturated heterocycles. The van der Waals surface area contributed by atoms with Crippen molar-refractivity contribution >= 4 is 0 Å². The molecule has 1 N–H and O–H groups in total. The zero-order valence-electron chi connectivity index (χ0n) is 6.20. The van der Waals surface area contributed by atoms with Crippen LogP contribution in [0.5, 0.6) is 0 Å². The number of fused-ring (bicyclic) bond motifs is 1. The van der Waals surface area contributed by atoms with Crippen LogP contribution in [0.25, 0.3) is 0 Å². The van der Waals surface area contributed by atoms with E-state index in [0.29, 0.717) is 6.42 Å². The third kappa shape index (κ3) is 1.24. The van der Waals surface area contributed by atoms with Crippen molar-refractivity contribution in [2.24, 2.45) is 0 Å². The molecule has 1 unspecified atom stereocenters. The molecule has 11 heavy (non-hydrogen) atoms. The number of aliphatic hydroxyl groups excluding tert-OH is 1. The smallest absolute Gasteiger partial charge is 0.115 e. The summed E-state index contributed by atoms with van der Waals surface area (Å²) in [5.74, 6) is 0. The molecule has 1 aromatic rings. The average Bonchev–Trinajstić information content (AvgIpc) is 2.04. The van der Waals surface area contributed by atoms with Gasteiger partial charge in [0.1, 0.15) is 6.33 Å². The standard InChI is InChI=1S/C8H10N2O/c11-7-2-1-6-4-9-5-10-8(6)3-7/h4-5,7,11H,1-3H2. The Morgan fingerprint density at radius 2 is 2.45 bits per heavy atom. The first-order valence-electron chi connectivity index (χ1n) is 3.82. The third-order valence-electron chi connectivity index (χ3n) is 2.06. The number of nitrogens with zero attached hydrogens (tertiary/aromatic N) is 2. The van der Waals surface area contributed by atoms with E-state index in [-0.39, 0.29) is 6.10 Å². The summed E-state index contributed by atoms with van der Waals surface area (Å²) < 4.78 is 0. The molecular weight excluding hydrogens is 140 g/mol. The molecule has 2 rings (SSSR count). The molecule has 0 amide bonds. The van der Waals surface area contributed by atoms with Gasteiger partial charge in [-0.15, -0.1) is 0 Å². The fourth-order valence-electron chi connectivity index (χ4n) is 1.42. The van der Waals surface area contributed by atoms with Gasteiger partial charge in [0.2, 0.25) is 0 Å². The van der Waals surface area contributed by atoms with E-state index in [1.54, 1.807) is 0 Å². The van der Waals surface area contributed by atoms with Crippen LogP contribution >= 0.6 is 0 Å². The third-order valence-corrected chi connectivity index (χ3v) is 2.06. The minimum atomic E-state index is -0.197. The molecular formula is C8H10N2O. The van der Waals surface area contributed by atoms with E-state index >= 15 is 0 Å². The molecule has 1 aliphatic carbocycles. The van der Waals surface area contributed by atoms with Gasteiger partial charge < -0.3 is 5.11 Å². The fourth-order valence-corrected chi connectivity index (χ4v) is 1.42. The first-order valence-corrected chi connectivity index (χ1v) is 3.82. The lowest BCUT2D eigenvalue weighted by molar-refractivity contribution is 0.157. The Bertz CT molecular complexity index is 262. The highest BCUT2D eigenvalue weighted by Gasteiger charge is 2.16. The van der Waals surface area contributed by atoms with Gasteiger partial charge in [0.15, 0.2) is 0 Å². The highest BCUT2D eigenvalue weighted by Crippen LogP contribution is 2.17. The summed E-state index contributed by atoms with van der Waals surface area (Å²) in [7, 11) is 0. The molecule has 0 aliphatic heterocycles. The van der Waals surface area contributed by atoms with Crippen molar-refractivity contribution < 1.29 is 5.11 Å². The van der Waals surface area contributed by atoms with Crippen LogP contribution in [-0.2, 0) is 12.8 Å². The molecule has 0 spiro atoms. The first kappa shape index (κ1) is 6.73. The Morgan fingerprint density at radius 3 is 3.36 bits per heavy atom. The zero-order chi connectivity index (χ0) is 7.68. The van der Waals surface area contributed by atoms with E-state index < -0.39 is 0 Å².